The van der Waals surface area contributed by atoms with Gasteiger partial charge in [0.1, 0.15) is 11.4 Å². The van der Waals surface area contributed by atoms with Gasteiger partial charge in [-0.1, -0.05) is 48.0 Å². The Morgan fingerprint density at radius 2 is 1.95 bits per heavy atom. The molecule has 1 atom stereocenters. The van der Waals surface area contributed by atoms with Crippen molar-refractivity contribution in [3.8, 4) is 0 Å². The van der Waals surface area contributed by atoms with Gasteiger partial charge in [0, 0.05) is 5.39 Å². The molecule has 1 aliphatic rings. The molecule has 0 fully saturated rings. The van der Waals surface area contributed by atoms with Crippen LogP contribution in [-0.2, 0) is 12.0 Å². The summed E-state index contributed by atoms with van der Waals surface area (Å²) in [6, 6.07) is 15.6. The van der Waals surface area contributed by atoms with E-state index in [1.807, 2.05) is 36.4 Å². The Morgan fingerprint density at radius 3 is 2.81 bits per heavy atom. The summed E-state index contributed by atoms with van der Waals surface area (Å²) in [4.78, 5) is 0. The van der Waals surface area contributed by atoms with Crippen molar-refractivity contribution in [1.82, 2.24) is 0 Å². The smallest absolute Gasteiger partial charge is 0.153 e. The van der Waals surface area contributed by atoms with Crippen LogP contribution in [0.2, 0.25) is 5.02 Å². The Kier molecular flexibility index (Phi) is 2.84. The number of rotatable bonds is 1. The van der Waals surface area contributed by atoms with Crippen LogP contribution < -0.4 is 0 Å². The largest absolute Gasteiger partial charge is 0.456 e. The van der Waals surface area contributed by atoms with Crippen LogP contribution in [0.25, 0.3) is 11.0 Å². The number of fused-ring (bicyclic) bond motifs is 2. The highest BCUT2D eigenvalue weighted by Gasteiger charge is 2.39. The molecule has 0 amide bonds. The third kappa shape index (κ3) is 1.90. The Hall–Kier alpha value is -1.77. The molecule has 0 radical (unpaired) electrons. The van der Waals surface area contributed by atoms with Crippen molar-refractivity contribution < 1.29 is 9.52 Å². The summed E-state index contributed by atoms with van der Waals surface area (Å²) in [7, 11) is 0. The SMILES string of the molecule is OC1(c2cc3cccc(Cl)c3o2)CCCc2ccccc21. The van der Waals surface area contributed by atoms with E-state index in [1.54, 1.807) is 6.07 Å². The van der Waals surface area contributed by atoms with Gasteiger partial charge in [0.2, 0.25) is 0 Å². The molecule has 106 valence electrons. The first kappa shape index (κ1) is 12.9. The minimum Gasteiger partial charge on any atom is -0.456 e. The van der Waals surface area contributed by atoms with Crippen LogP contribution in [-0.4, -0.2) is 5.11 Å². The van der Waals surface area contributed by atoms with Crippen molar-refractivity contribution >= 4 is 22.6 Å². The van der Waals surface area contributed by atoms with Gasteiger partial charge in [-0.25, -0.2) is 0 Å². The summed E-state index contributed by atoms with van der Waals surface area (Å²) >= 11 is 6.18. The minimum atomic E-state index is -1.06. The molecule has 0 aliphatic heterocycles. The van der Waals surface area contributed by atoms with E-state index in [9.17, 15) is 5.11 Å². The molecule has 1 unspecified atom stereocenters. The molecule has 4 rings (SSSR count). The molecular weight excluding hydrogens is 284 g/mol. The topological polar surface area (TPSA) is 33.4 Å². The van der Waals surface area contributed by atoms with Gasteiger partial charge >= 0.3 is 0 Å². The lowest BCUT2D eigenvalue weighted by atomic mass is 9.77. The molecule has 0 saturated heterocycles. The normalized spacial score (nSPS) is 21.4. The fraction of sp³-hybridized carbons (Fsp3) is 0.222. The lowest BCUT2D eigenvalue weighted by molar-refractivity contribution is 0.0406. The Morgan fingerprint density at radius 1 is 1.10 bits per heavy atom. The summed E-state index contributed by atoms with van der Waals surface area (Å²) < 4.78 is 5.92. The van der Waals surface area contributed by atoms with Crippen LogP contribution in [0.5, 0.6) is 0 Å². The lowest BCUT2D eigenvalue weighted by Gasteiger charge is -2.32. The van der Waals surface area contributed by atoms with Crippen molar-refractivity contribution in [3.63, 3.8) is 0 Å². The van der Waals surface area contributed by atoms with Crippen LogP contribution in [0.1, 0.15) is 29.7 Å². The first-order chi connectivity index (χ1) is 10.2. The predicted octanol–water partition coefficient (Wildman–Crippen LogP) is 4.66. The molecule has 0 saturated carbocycles. The van der Waals surface area contributed by atoms with Gasteiger partial charge in [-0.15, -0.1) is 0 Å². The number of aliphatic hydroxyl groups is 1. The summed E-state index contributed by atoms with van der Waals surface area (Å²) in [5, 5.41) is 12.8. The molecule has 0 spiro atoms. The van der Waals surface area contributed by atoms with E-state index in [2.05, 4.69) is 6.07 Å². The summed E-state index contributed by atoms with van der Waals surface area (Å²) in [6.07, 6.45) is 2.61. The summed E-state index contributed by atoms with van der Waals surface area (Å²) in [5.74, 6) is 0.581. The van der Waals surface area contributed by atoms with E-state index >= 15 is 0 Å². The molecular formula is C18H15ClO2. The molecule has 1 aliphatic carbocycles. The van der Waals surface area contributed by atoms with Crippen molar-refractivity contribution in [2.24, 2.45) is 0 Å². The number of para-hydroxylation sites is 1. The summed E-state index contributed by atoms with van der Waals surface area (Å²) in [6.45, 7) is 0. The van der Waals surface area contributed by atoms with E-state index in [-0.39, 0.29) is 0 Å². The zero-order valence-corrected chi connectivity index (χ0v) is 12.2. The van der Waals surface area contributed by atoms with E-state index in [1.165, 1.54) is 5.56 Å². The molecule has 3 heteroatoms. The van der Waals surface area contributed by atoms with Crippen LogP contribution in [0.15, 0.2) is 52.9 Å². The highest BCUT2D eigenvalue weighted by atomic mass is 35.5. The highest BCUT2D eigenvalue weighted by molar-refractivity contribution is 6.34. The number of hydrogen-bond acceptors (Lipinski definition) is 2. The van der Waals surface area contributed by atoms with Crippen LogP contribution in [0.3, 0.4) is 0 Å². The average molecular weight is 299 g/mol. The first-order valence-electron chi connectivity index (χ1n) is 7.18. The van der Waals surface area contributed by atoms with Gasteiger partial charge in [0.15, 0.2) is 5.58 Å². The van der Waals surface area contributed by atoms with Gasteiger partial charge in [-0.3, -0.25) is 0 Å². The highest BCUT2D eigenvalue weighted by Crippen LogP contribution is 2.43. The Balaban J connectivity index is 1.94. The van der Waals surface area contributed by atoms with Crippen molar-refractivity contribution in [2.45, 2.75) is 24.9 Å². The quantitative estimate of drug-likeness (QED) is 0.709. The summed E-state index contributed by atoms with van der Waals surface area (Å²) in [5.41, 5.74) is 1.73. The number of halogens is 1. The molecule has 2 aromatic carbocycles. The van der Waals surface area contributed by atoms with Crippen molar-refractivity contribution in [2.75, 3.05) is 0 Å². The lowest BCUT2D eigenvalue weighted by Crippen LogP contribution is -2.31. The fourth-order valence-corrected chi connectivity index (χ4v) is 3.52. The zero-order chi connectivity index (χ0) is 14.4. The molecule has 0 bridgehead atoms. The average Bonchev–Trinajstić information content (AvgIpc) is 2.94. The molecule has 3 aromatic rings. The second-order valence-electron chi connectivity index (χ2n) is 5.64. The van der Waals surface area contributed by atoms with Gasteiger partial charge < -0.3 is 9.52 Å². The molecule has 1 heterocycles. The van der Waals surface area contributed by atoms with E-state index in [4.69, 9.17) is 16.0 Å². The van der Waals surface area contributed by atoms with Crippen LogP contribution in [0.4, 0.5) is 0 Å². The van der Waals surface area contributed by atoms with Gasteiger partial charge in [0.05, 0.1) is 5.02 Å². The molecule has 1 aromatic heterocycles. The minimum absolute atomic E-state index is 0.575. The van der Waals surface area contributed by atoms with Crippen molar-refractivity contribution in [3.05, 3.63) is 70.4 Å². The molecule has 1 N–H and O–H groups in total. The van der Waals surface area contributed by atoms with Crippen molar-refractivity contribution in [1.29, 1.82) is 0 Å². The Bertz CT molecular complexity index is 821. The first-order valence-corrected chi connectivity index (χ1v) is 7.55. The van der Waals surface area contributed by atoms with Gasteiger partial charge in [-0.05, 0) is 42.5 Å². The Labute approximate surface area is 128 Å². The third-order valence-electron chi connectivity index (χ3n) is 4.35. The number of hydrogen-bond donors (Lipinski definition) is 1. The number of aryl methyl sites for hydroxylation is 1. The van der Waals surface area contributed by atoms with E-state index in [0.29, 0.717) is 22.8 Å². The van der Waals surface area contributed by atoms with Crippen LogP contribution >= 0.6 is 11.6 Å². The van der Waals surface area contributed by atoms with Gasteiger partial charge in [0.25, 0.3) is 0 Å². The second kappa shape index (κ2) is 4.62. The van der Waals surface area contributed by atoms with Crippen LogP contribution in [0, 0.1) is 0 Å². The maximum atomic E-state index is 11.2. The zero-order valence-electron chi connectivity index (χ0n) is 11.5. The number of furan rings is 1. The second-order valence-corrected chi connectivity index (χ2v) is 6.05. The molecule has 2 nitrogen and oxygen atoms in total. The maximum absolute atomic E-state index is 11.2. The monoisotopic (exact) mass is 298 g/mol. The molecule has 21 heavy (non-hydrogen) atoms. The maximum Gasteiger partial charge on any atom is 0.153 e. The predicted molar refractivity (Wildman–Crippen MR) is 83.6 cm³/mol. The standard InChI is InChI=1S/C18H15ClO2/c19-15-9-3-6-13-11-16(21-17(13)15)18(20)10-4-7-12-5-1-2-8-14(12)18/h1-3,5-6,8-9,11,20H,4,7,10H2. The third-order valence-corrected chi connectivity index (χ3v) is 4.65. The van der Waals surface area contributed by atoms with E-state index in [0.717, 1.165) is 23.8 Å². The van der Waals surface area contributed by atoms with Gasteiger partial charge in [-0.2, -0.15) is 0 Å². The van der Waals surface area contributed by atoms with E-state index < -0.39 is 5.60 Å². The number of benzene rings is 2. The fourth-order valence-electron chi connectivity index (χ4n) is 3.30.